The molecule has 180 valence electrons. The third-order valence-corrected chi connectivity index (χ3v) is 7.25. The average Bonchev–Trinajstić information content (AvgIpc) is 3.44. The molecule has 0 saturated carbocycles. The molecule has 2 saturated heterocycles. The first-order valence-corrected chi connectivity index (χ1v) is 12.5. The van der Waals surface area contributed by atoms with Gasteiger partial charge in [0.25, 0.3) is 5.56 Å². The molecular weight excluding hydrogens is 450 g/mol. The van der Waals surface area contributed by atoms with Gasteiger partial charge in [0.2, 0.25) is 0 Å². The number of hydrogen-bond donors (Lipinski definition) is 0. The molecule has 1 atom stereocenters. The molecule has 3 heterocycles. The van der Waals surface area contributed by atoms with E-state index in [0.29, 0.717) is 22.3 Å². The number of benzene rings is 1. The number of anilines is 1. The van der Waals surface area contributed by atoms with Crippen molar-refractivity contribution in [2.75, 3.05) is 37.8 Å². The van der Waals surface area contributed by atoms with E-state index in [9.17, 15) is 14.9 Å². The van der Waals surface area contributed by atoms with Crippen molar-refractivity contribution in [1.82, 2.24) is 4.57 Å². The first kappa shape index (κ1) is 24.4. The van der Waals surface area contributed by atoms with Gasteiger partial charge in [-0.05, 0) is 36.6 Å². The van der Waals surface area contributed by atoms with E-state index in [0.717, 1.165) is 50.4 Å². The highest BCUT2D eigenvalue weighted by atomic mass is 32.1. The van der Waals surface area contributed by atoms with Crippen molar-refractivity contribution in [3.8, 4) is 6.07 Å². The fourth-order valence-corrected chi connectivity index (χ4v) is 5.30. The lowest BCUT2D eigenvalue weighted by Gasteiger charge is -2.28. The minimum Gasteiger partial charge on any atom is -0.378 e. The molecule has 4 rings (SSSR count). The largest absolute Gasteiger partial charge is 0.378 e. The molecule has 2 aliphatic heterocycles. The molecule has 0 N–H and O–H groups in total. The summed E-state index contributed by atoms with van der Waals surface area (Å²) in [5, 5.41) is 9.87. The highest BCUT2D eigenvalue weighted by Crippen LogP contribution is 2.20. The fourth-order valence-electron chi connectivity index (χ4n) is 4.19. The number of aromatic nitrogens is 1. The van der Waals surface area contributed by atoms with Crippen molar-refractivity contribution >= 4 is 34.5 Å². The number of carbonyl (C=O) groups excluding carboxylic acids is 1. The van der Waals surface area contributed by atoms with E-state index in [4.69, 9.17) is 9.47 Å². The summed E-state index contributed by atoms with van der Waals surface area (Å²) in [5.41, 5.74) is 1.14. The molecule has 2 aromatic rings. The molecule has 0 spiro atoms. The van der Waals surface area contributed by atoms with Crippen LogP contribution in [0.5, 0.6) is 0 Å². The lowest BCUT2D eigenvalue weighted by Crippen LogP contribution is -2.37. The number of ether oxygens (including phenoxy) is 2. The summed E-state index contributed by atoms with van der Waals surface area (Å²) >= 11 is 1.21. The second kappa shape index (κ2) is 10.3. The molecule has 1 aromatic heterocycles. The van der Waals surface area contributed by atoms with E-state index < -0.39 is 5.41 Å². The standard InChI is InChI=1S/C26H31N3O4S/c1-26(2,3)23(30)21(16-27)25-29(17-20-5-4-12-33-20)24(31)22(34-25)15-18-6-8-19(9-7-18)28-10-13-32-14-11-28/h6-9,15,20H,4-5,10-14,17H2,1-3H3/b22-15-,25-21-/t20-/m1/s1. The van der Waals surface area contributed by atoms with Crippen molar-refractivity contribution < 1.29 is 14.3 Å². The van der Waals surface area contributed by atoms with Gasteiger partial charge in [-0.1, -0.05) is 32.9 Å². The molecule has 0 amide bonds. The molecule has 0 radical (unpaired) electrons. The quantitative estimate of drug-likeness (QED) is 0.650. The predicted molar refractivity (Wildman–Crippen MR) is 133 cm³/mol. The highest BCUT2D eigenvalue weighted by molar-refractivity contribution is 7.07. The van der Waals surface area contributed by atoms with E-state index in [2.05, 4.69) is 11.0 Å². The summed E-state index contributed by atoms with van der Waals surface area (Å²) in [6, 6.07) is 10.2. The van der Waals surface area contributed by atoms with Gasteiger partial charge >= 0.3 is 0 Å². The van der Waals surface area contributed by atoms with Gasteiger partial charge < -0.3 is 14.4 Å². The second-order valence-corrected chi connectivity index (χ2v) is 10.8. The molecule has 34 heavy (non-hydrogen) atoms. The van der Waals surface area contributed by atoms with E-state index in [-0.39, 0.29) is 23.0 Å². The Balaban J connectivity index is 1.78. The Morgan fingerprint density at radius 3 is 2.50 bits per heavy atom. The van der Waals surface area contributed by atoms with Crippen LogP contribution in [0.1, 0.15) is 39.2 Å². The summed E-state index contributed by atoms with van der Waals surface area (Å²) < 4.78 is 13.7. The summed E-state index contributed by atoms with van der Waals surface area (Å²) in [4.78, 5) is 28.7. The third-order valence-electron chi connectivity index (χ3n) is 6.12. The predicted octanol–water partition coefficient (Wildman–Crippen LogP) is 2.04. The first-order valence-electron chi connectivity index (χ1n) is 11.7. The first-order chi connectivity index (χ1) is 16.3. The normalized spacial score (nSPS) is 20.4. The fraction of sp³-hybridized carbons (Fsp3) is 0.500. The number of nitriles is 1. The van der Waals surface area contributed by atoms with Crippen LogP contribution in [-0.4, -0.2) is 49.4 Å². The second-order valence-electron chi connectivity index (χ2n) is 9.72. The van der Waals surface area contributed by atoms with Crippen molar-refractivity contribution in [1.29, 1.82) is 5.26 Å². The molecule has 1 aromatic carbocycles. The molecule has 8 heteroatoms. The number of rotatable bonds is 5. The highest BCUT2D eigenvalue weighted by Gasteiger charge is 2.28. The van der Waals surface area contributed by atoms with Gasteiger partial charge in [0, 0.05) is 30.8 Å². The smallest absolute Gasteiger partial charge is 0.269 e. The van der Waals surface area contributed by atoms with Crippen LogP contribution in [0.25, 0.3) is 11.6 Å². The van der Waals surface area contributed by atoms with Crippen molar-refractivity contribution in [2.45, 2.75) is 46.3 Å². The SMILES string of the molecule is CC(C)(C)C(=O)/C(C#N)=c1\s/c(=C\c2ccc(N3CCOCC3)cc2)c(=O)n1C[C@H]1CCCO1. The zero-order valence-corrected chi connectivity index (χ0v) is 20.8. The van der Waals surface area contributed by atoms with Crippen LogP contribution >= 0.6 is 11.3 Å². The Bertz CT molecular complexity index is 1250. The van der Waals surface area contributed by atoms with Gasteiger partial charge in [-0.2, -0.15) is 5.26 Å². The van der Waals surface area contributed by atoms with Crippen molar-refractivity contribution in [2.24, 2.45) is 5.41 Å². The minimum absolute atomic E-state index is 0.0370. The summed E-state index contributed by atoms with van der Waals surface area (Å²) in [6.45, 7) is 9.53. The third kappa shape index (κ3) is 5.33. The van der Waals surface area contributed by atoms with Crippen LogP contribution < -0.4 is 19.7 Å². The molecule has 0 bridgehead atoms. The van der Waals surface area contributed by atoms with Crippen LogP contribution in [0.2, 0.25) is 0 Å². The van der Waals surface area contributed by atoms with Crippen LogP contribution in [0, 0.1) is 16.7 Å². The summed E-state index contributed by atoms with van der Waals surface area (Å²) in [5.74, 6) is -0.265. The molecule has 2 fully saturated rings. The topological polar surface area (TPSA) is 84.6 Å². The molecule has 0 aliphatic carbocycles. The molecule has 7 nitrogen and oxygen atoms in total. The van der Waals surface area contributed by atoms with Gasteiger partial charge in [0.15, 0.2) is 5.78 Å². The van der Waals surface area contributed by atoms with Gasteiger partial charge in [-0.3, -0.25) is 14.2 Å². The van der Waals surface area contributed by atoms with Crippen LogP contribution in [0.4, 0.5) is 5.69 Å². The van der Waals surface area contributed by atoms with Gasteiger partial charge in [-0.15, -0.1) is 11.3 Å². The maximum atomic E-state index is 13.4. The zero-order valence-electron chi connectivity index (χ0n) is 20.0. The van der Waals surface area contributed by atoms with Crippen molar-refractivity contribution in [3.63, 3.8) is 0 Å². The lowest BCUT2D eigenvalue weighted by molar-refractivity contribution is -0.120. The van der Waals surface area contributed by atoms with E-state index in [1.165, 1.54) is 11.3 Å². The van der Waals surface area contributed by atoms with Gasteiger partial charge in [0.05, 0.1) is 30.4 Å². The monoisotopic (exact) mass is 481 g/mol. The Morgan fingerprint density at radius 1 is 1.21 bits per heavy atom. The molecule has 0 unspecified atom stereocenters. The maximum Gasteiger partial charge on any atom is 0.269 e. The van der Waals surface area contributed by atoms with Crippen molar-refractivity contribution in [3.05, 3.63) is 49.4 Å². The van der Waals surface area contributed by atoms with Gasteiger partial charge in [-0.25, -0.2) is 0 Å². The number of morpholine rings is 1. The van der Waals surface area contributed by atoms with Crippen LogP contribution in [0.15, 0.2) is 29.1 Å². The van der Waals surface area contributed by atoms with Gasteiger partial charge in [0.1, 0.15) is 16.3 Å². The van der Waals surface area contributed by atoms with E-state index in [1.54, 1.807) is 25.3 Å². The Labute approximate surface area is 203 Å². The van der Waals surface area contributed by atoms with Crippen LogP contribution in [0.3, 0.4) is 0 Å². The number of ketones is 1. The number of Topliss-reactive ketones (excluding diaryl/α,β-unsaturated/α-hetero) is 1. The Morgan fingerprint density at radius 2 is 1.91 bits per heavy atom. The average molecular weight is 482 g/mol. The number of thiazole rings is 1. The summed E-state index contributed by atoms with van der Waals surface area (Å²) in [6.07, 6.45) is 3.56. The lowest BCUT2D eigenvalue weighted by atomic mass is 9.87. The number of nitrogens with zero attached hydrogens (tertiary/aromatic N) is 3. The molecular formula is C26H31N3O4S. The molecule has 2 aliphatic rings. The Hall–Kier alpha value is -2.73. The zero-order chi connectivity index (χ0) is 24.3. The summed E-state index contributed by atoms with van der Waals surface area (Å²) in [7, 11) is 0. The van der Waals surface area contributed by atoms with E-state index in [1.807, 2.05) is 30.3 Å². The Kier molecular flexibility index (Phi) is 7.36. The van der Waals surface area contributed by atoms with E-state index >= 15 is 0 Å². The minimum atomic E-state index is -0.723. The van der Waals surface area contributed by atoms with Crippen LogP contribution in [-0.2, 0) is 20.8 Å². The number of hydrogen-bond acceptors (Lipinski definition) is 7. The maximum absolute atomic E-state index is 13.4. The number of carbonyl (C=O) groups is 1.